The number of anilines is 3. The third-order valence-corrected chi connectivity index (χ3v) is 20.0. The Morgan fingerprint density at radius 1 is 0.442 bits per heavy atom. The van der Waals surface area contributed by atoms with Crippen LogP contribution in [0.3, 0.4) is 0 Å². The van der Waals surface area contributed by atoms with Crippen LogP contribution in [-0.2, 0) is 14.4 Å². The number of nitrogens with two attached hydrogens (primary N) is 2. The van der Waals surface area contributed by atoms with Crippen molar-refractivity contribution in [3.63, 3.8) is 0 Å². The normalized spacial score (nSPS) is 23.6. The Morgan fingerprint density at radius 3 is 1.06 bits per heavy atom. The number of rotatable bonds is 11. The standard InChI is InChI=1S/2C22H22F2N6O2.C22H20F2N6O/c2*23-13-1-2-16(24)14(9-13)18-3-7-28-30(18)21(32)15-4-8-29(11-22(15)5-6-22)19-10-17(20(25)31)26-12-27-19;1-25-19-11-20(27-13-26-19)29-9-5-16(22(12-29)6-7-22)21(31)30-18(4-8-28-30)15-10-14(23)2-3-17(15)24/h2*1-2,7,9-10,12,15,18H,3-6,8,11H2,(H2,25,31);2-3,8,10-11,13,16,18H,4-7,9,12H2. The quantitative estimate of drug-likeness (QED) is 0.0907. The van der Waals surface area contributed by atoms with Gasteiger partial charge >= 0.3 is 0 Å². The van der Waals surface area contributed by atoms with Gasteiger partial charge in [0.1, 0.15) is 76.4 Å². The molecule has 490 valence electrons. The van der Waals surface area contributed by atoms with Crippen molar-refractivity contribution < 1.29 is 50.3 Å². The molecule has 95 heavy (non-hydrogen) atoms. The van der Waals surface area contributed by atoms with E-state index in [2.05, 4.69) is 55.0 Å². The molecule has 6 fully saturated rings. The number of benzene rings is 3. The first-order valence-electron chi connectivity index (χ1n) is 31.4. The second kappa shape index (κ2) is 25.6. The molecular formula is C66H64F6N18O5. The van der Waals surface area contributed by atoms with E-state index in [0.717, 1.165) is 93.1 Å². The molecule has 29 heteroatoms. The molecule has 3 aromatic heterocycles. The first-order valence-corrected chi connectivity index (χ1v) is 31.4. The fourth-order valence-electron chi connectivity index (χ4n) is 14.5. The van der Waals surface area contributed by atoms with Crippen molar-refractivity contribution in [2.45, 2.75) is 95.2 Å². The van der Waals surface area contributed by atoms with Gasteiger partial charge in [0.2, 0.25) is 24.0 Å². The number of piperidine rings is 3. The van der Waals surface area contributed by atoms with E-state index in [-0.39, 0.29) is 79.8 Å². The highest BCUT2D eigenvalue weighted by Crippen LogP contribution is 2.60. The van der Waals surface area contributed by atoms with Crippen LogP contribution in [0.5, 0.6) is 0 Å². The maximum atomic E-state index is 14.4. The molecule has 6 unspecified atom stereocenters. The predicted octanol–water partition coefficient (Wildman–Crippen LogP) is 8.71. The summed E-state index contributed by atoms with van der Waals surface area (Å²) in [6.45, 7) is 10.8. The largest absolute Gasteiger partial charge is 0.364 e. The summed E-state index contributed by atoms with van der Waals surface area (Å²) in [6.07, 6.45) is 16.9. The summed E-state index contributed by atoms with van der Waals surface area (Å²) in [6, 6.07) is 12.7. The predicted molar refractivity (Wildman–Crippen MR) is 333 cm³/mol. The average molecular weight is 1300 g/mol. The van der Waals surface area contributed by atoms with Gasteiger partial charge in [-0.15, -0.1) is 4.98 Å². The molecule has 3 spiro atoms. The van der Waals surface area contributed by atoms with E-state index in [4.69, 9.17) is 18.0 Å². The molecule has 6 aromatic rings. The lowest BCUT2D eigenvalue weighted by Crippen LogP contribution is -2.48. The number of nitrogens with zero attached hydrogens (tertiary/aromatic N) is 16. The molecule has 9 heterocycles. The second-order valence-corrected chi connectivity index (χ2v) is 25.7. The van der Waals surface area contributed by atoms with Crippen LogP contribution in [0.25, 0.3) is 4.85 Å². The third-order valence-electron chi connectivity index (χ3n) is 20.0. The van der Waals surface area contributed by atoms with E-state index in [1.54, 1.807) is 36.8 Å². The molecule has 3 saturated heterocycles. The van der Waals surface area contributed by atoms with Crippen molar-refractivity contribution in [3.8, 4) is 0 Å². The highest BCUT2D eigenvalue weighted by atomic mass is 19.1. The molecule has 6 atom stereocenters. The number of carbonyl (C=O) groups is 5. The Labute approximate surface area is 540 Å². The van der Waals surface area contributed by atoms with Gasteiger partial charge in [0, 0.05) is 130 Å². The van der Waals surface area contributed by atoms with Crippen LogP contribution in [0.1, 0.15) is 133 Å². The lowest BCUT2D eigenvalue weighted by molar-refractivity contribution is -0.141. The highest BCUT2D eigenvalue weighted by Gasteiger charge is 2.59. The van der Waals surface area contributed by atoms with Crippen LogP contribution in [0.2, 0.25) is 0 Å². The van der Waals surface area contributed by atoms with E-state index in [0.29, 0.717) is 101 Å². The van der Waals surface area contributed by atoms with E-state index < -0.39 is 64.8 Å². The van der Waals surface area contributed by atoms with Gasteiger partial charge in [-0.1, -0.05) is 6.57 Å². The van der Waals surface area contributed by atoms with Gasteiger partial charge in [0.05, 0.1) is 18.1 Å². The summed E-state index contributed by atoms with van der Waals surface area (Å²) >= 11 is 0. The molecule has 6 aliphatic heterocycles. The fourth-order valence-corrected chi connectivity index (χ4v) is 14.5. The summed E-state index contributed by atoms with van der Waals surface area (Å²) in [4.78, 5) is 97.5. The van der Waals surface area contributed by atoms with Gasteiger partial charge in [0.15, 0.2) is 0 Å². The number of primary amides is 2. The van der Waals surface area contributed by atoms with Gasteiger partial charge in [-0.2, -0.15) is 20.3 Å². The van der Waals surface area contributed by atoms with Crippen molar-refractivity contribution in [2.75, 3.05) is 54.0 Å². The van der Waals surface area contributed by atoms with Crippen molar-refractivity contribution in [3.05, 3.63) is 166 Å². The first-order chi connectivity index (χ1) is 45.8. The lowest BCUT2D eigenvalue weighted by atomic mass is 9.81. The Bertz CT molecular complexity index is 4010. The van der Waals surface area contributed by atoms with Crippen LogP contribution in [-0.4, -0.2) is 132 Å². The molecule has 0 bridgehead atoms. The summed E-state index contributed by atoms with van der Waals surface area (Å²) < 4.78 is 84.3. The number of hydrazone groups is 3. The van der Waals surface area contributed by atoms with Crippen molar-refractivity contribution >= 4 is 71.5 Å². The zero-order valence-corrected chi connectivity index (χ0v) is 51.2. The van der Waals surface area contributed by atoms with Gasteiger partial charge in [-0.05, 0) is 129 Å². The molecule has 3 aromatic carbocycles. The summed E-state index contributed by atoms with van der Waals surface area (Å²) in [5.74, 6) is -3.57. The average Bonchev–Trinajstić information content (AvgIpc) is 1.61. The topological polar surface area (TPSA) is 276 Å². The minimum atomic E-state index is -0.646. The monoisotopic (exact) mass is 1300 g/mol. The number of carbonyl (C=O) groups excluding carboxylic acids is 5. The van der Waals surface area contributed by atoms with Gasteiger partial charge in [0.25, 0.3) is 17.6 Å². The summed E-state index contributed by atoms with van der Waals surface area (Å²) in [5.41, 5.74) is 10.7. The van der Waals surface area contributed by atoms with Crippen LogP contribution in [0, 0.1) is 75.5 Å². The van der Waals surface area contributed by atoms with Gasteiger partial charge < -0.3 is 31.0 Å². The van der Waals surface area contributed by atoms with Crippen molar-refractivity contribution in [1.82, 2.24) is 44.9 Å². The minimum absolute atomic E-state index is 0.135. The zero-order chi connectivity index (χ0) is 66.5. The molecule has 23 nitrogen and oxygen atoms in total. The van der Waals surface area contributed by atoms with Crippen LogP contribution >= 0.6 is 0 Å². The number of hydrogen-bond donors (Lipinski definition) is 2. The summed E-state index contributed by atoms with van der Waals surface area (Å²) in [5, 5.41) is 16.7. The molecule has 5 amide bonds. The van der Waals surface area contributed by atoms with Crippen LogP contribution < -0.4 is 26.2 Å². The van der Waals surface area contributed by atoms with Crippen molar-refractivity contribution in [1.29, 1.82) is 0 Å². The van der Waals surface area contributed by atoms with Crippen molar-refractivity contribution in [2.24, 2.45) is 60.8 Å². The first kappa shape index (κ1) is 63.5. The Hall–Kier alpha value is -10.3. The maximum absolute atomic E-state index is 14.4. The van der Waals surface area contributed by atoms with Gasteiger partial charge in [-0.3, -0.25) is 24.0 Å². The van der Waals surface area contributed by atoms with E-state index in [1.807, 2.05) is 9.80 Å². The number of hydrogen-bond acceptors (Lipinski definition) is 17. The molecule has 3 aliphatic carbocycles. The number of halogens is 6. The number of aromatic nitrogens is 6. The summed E-state index contributed by atoms with van der Waals surface area (Å²) in [7, 11) is 0. The lowest BCUT2D eigenvalue weighted by Gasteiger charge is -2.40. The third kappa shape index (κ3) is 12.7. The Balaban J connectivity index is 0.000000129. The molecule has 0 radical (unpaired) electrons. The number of amides is 5. The minimum Gasteiger partial charge on any atom is -0.364 e. The van der Waals surface area contributed by atoms with Crippen LogP contribution in [0.4, 0.5) is 49.6 Å². The SMILES string of the molecule is NC(=O)c1cc(N2CCC(C(=O)N3N=CCC3c3cc(F)ccc3F)C3(CC3)C2)ncn1.NC(=O)c1cc(N2CCC(C(=O)N3N=CCC3c3cc(F)ccc3F)C3(CC3)C2)ncn1.[C-]#[N+]c1cc(N2CCC(C(=O)N3N=CCC3c3cc(F)ccc3F)C3(CC3)C2)ncn1. The molecule has 3 saturated carbocycles. The molecule has 15 rings (SSSR count). The maximum Gasteiger partial charge on any atom is 0.274 e. The smallest absolute Gasteiger partial charge is 0.274 e. The molecule has 9 aliphatic rings. The van der Waals surface area contributed by atoms with E-state index in [1.165, 1.54) is 34.0 Å². The molecular weight excluding hydrogens is 1240 g/mol. The van der Waals surface area contributed by atoms with Gasteiger partial charge in [-0.25, -0.2) is 61.3 Å². The Morgan fingerprint density at radius 2 is 0.758 bits per heavy atom. The fraction of sp³-hybridized carbons (Fsp3) is 0.409. The Kier molecular flexibility index (Phi) is 17.1. The molecule has 4 N–H and O–H groups in total. The highest BCUT2D eigenvalue weighted by molar-refractivity contribution is 5.92. The van der Waals surface area contributed by atoms with E-state index in [9.17, 15) is 50.3 Å². The van der Waals surface area contributed by atoms with Crippen LogP contribution in [0.15, 0.2) is 107 Å². The second-order valence-electron chi connectivity index (χ2n) is 25.7. The zero-order valence-electron chi connectivity index (χ0n) is 51.2. The van der Waals surface area contributed by atoms with E-state index >= 15 is 0 Å².